The van der Waals surface area contributed by atoms with Crippen molar-refractivity contribution in [2.45, 2.75) is 32.7 Å². The average molecular weight is 285 g/mol. The minimum Gasteiger partial charge on any atom is -0.350 e. The summed E-state index contributed by atoms with van der Waals surface area (Å²) < 4.78 is 13.1. The Morgan fingerprint density at radius 1 is 1.19 bits per heavy atom. The lowest BCUT2D eigenvalue weighted by atomic mass is 10.1. The first-order chi connectivity index (χ1) is 10.0. The highest BCUT2D eigenvalue weighted by atomic mass is 19.1. The summed E-state index contributed by atoms with van der Waals surface area (Å²) in [5.41, 5.74) is 3.12. The minimum absolute atomic E-state index is 0.0210. The van der Waals surface area contributed by atoms with Gasteiger partial charge in [0, 0.05) is 6.42 Å². The van der Waals surface area contributed by atoms with Crippen LogP contribution in [0.15, 0.2) is 48.5 Å². The Morgan fingerprint density at radius 2 is 1.90 bits per heavy atom. The van der Waals surface area contributed by atoms with Crippen molar-refractivity contribution in [3.8, 4) is 0 Å². The average Bonchev–Trinajstić information content (AvgIpc) is 2.46. The molecule has 3 heteroatoms. The van der Waals surface area contributed by atoms with Gasteiger partial charge in [0.25, 0.3) is 0 Å². The molecule has 0 saturated carbocycles. The van der Waals surface area contributed by atoms with E-state index in [0.717, 1.165) is 11.1 Å². The number of carbonyl (C=O) groups excluding carboxylic acids is 1. The summed E-state index contributed by atoms with van der Waals surface area (Å²) >= 11 is 0. The van der Waals surface area contributed by atoms with E-state index in [-0.39, 0.29) is 17.8 Å². The molecule has 0 fully saturated rings. The molecule has 1 unspecified atom stereocenters. The van der Waals surface area contributed by atoms with Crippen LogP contribution in [-0.4, -0.2) is 5.91 Å². The summed E-state index contributed by atoms with van der Waals surface area (Å²) in [6.45, 7) is 4.00. The Hall–Kier alpha value is -2.16. The molecule has 0 saturated heterocycles. The maximum atomic E-state index is 13.1. The van der Waals surface area contributed by atoms with E-state index in [2.05, 4.69) is 5.32 Å². The summed E-state index contributed by atoms with van der Waals surface area (Å²) in [5, 5.41) is 2.97. The van der Waals surface area contributed by atoms with Gasteiger partial charge in [-0.25, -0.2) is 4.39 Å². The number of nitrogens with one attached hydrogen (secondary N) is 1. The second-order valence-corrected chi connectivity index (χ2v) is 5.33. The first-order valence-electron chi connectivity index (χ1n) is 7.15. The number of aryl methyl sites for hydroxylation is 2. The number of halogens is 1. The Kier molecular flexibility index (Phi) is 5.09. The third-order valence-electron chi connectivity index (χ3n) is 3.48. The molecule has 0 aromatic heterocycles. The number of carbonyl (C=O) groups is 1. The first kappa shape index (κ1) is 15.2. The topological polar surface area (TPSA) is 29.1 Å². The molecule has 1 N–H and O–H groups in total. The van der Waals surface area contributed by atoms with Crippen molar-refractivity contribution >= 4 is 5.91 Å². The molecule has 2 rings (SSSR count). The van der Waals surface area contributed by atoms with E-state index in [1.54, 1.807) is 6.07 Å². The third-order valence-corrected chi connectivity index (χ3v) is 3.48. The molecule has 1 atom stereocenters. The van der Waals surface area contributed by atoms with Gasteiger partial charge in [-0.3, -0.25) is 4.79 Å². The Balaban J connectivity index is 1.85. The van der Waals surface area contributed by atoms with Crippen LogP contribution in [0.3, 0.4) is 0 Å². The zero-order valence-electron chi connectivity index (χ0n) is 12.4. The van der Waals surface area contributed by atoms with Crippen LogP contribution in [0.1, 0.15) is 36.1 Å². The van der Waals surface area contributed by atoms with E-state index in [1.165, 1.54) is 17.7 Å². The van der Waals surface area contributed by atoms with Gasteiger partial charge >= 0.3 is 0 Å². The summed E-state index contributed by atoms with van der Waals surface area (Å²) in [6, 6.07) is 14.5. The van der Waals surface area contributed by atoms with Crippen LogP contribution in [0.25, 0.3) is 0 Å². The zero-order chi connectivity index (χ0) is 15.2. The van der Waals surface area contributed by atoms with Gasteiger partial charge in [-0.2, -0.15) is 0 Å². The summed E-state index contributed by atoms with van der Waals surface area (Å²) in [4.78, 5) is 11.9. The van der Waals surface area contributed by atoms with Crippen LogP contribution in [0.5, 0.6) is 0 Å². The largest absolute Gasteiger partial charge is 0.350 e. The molecule has 2 aromatic rings. The van der Waals surface area contributed by atoms with Gasteiger partial charge in [-0.1, -0.05) is 42.0 Å². The molecule has 0 bridgehead atoms. The van der Waals surface area contributed by atoms with Crippen molar-refractivity contribution in [1.29, 1.82) is 0 Å². The first-order valence-corrected chi connectivity index (χ1v) is 7.15. The Labute approximate surface area is 125 Å². The van der Waals surface area contributed by atoms with Gasteiger partial charge in [0.05, 0.1) is 6.04 Å². The molecule has 0 radical (unpaired) electrons. The van der Waals surface area contributed by atoms with Crippen molar-refractivity contribution in [2.75, 3.05) is 0 Å². The van der Waals surface area contributed by atoms with Crippen LogP contribution >= 0.6 is 0 Å². The van der Waals surface area contributed by atoms with Crippen LogP contribution < -0.4 is 5.32 Å². The van der Waals surface area contributed by atoms with E-state index in [1.807, 2.05) is 44.2 Å². The number of hydrogen-bond acceptors (Lipinski definition) is 1. The minimum atomic E-state index is -0.263. The van der Waals surface area contributed by atoms with Gasteiger partial charge in [-0.05, 0) is 43.5 Å². The van der Waals surface area contributed by atoms with Crippen molar-refractivity contribution in [1.82, 2.24) is 5.32 Å². The number of benzene rings is 2. The van der Waals surface area contributed by atoms with Gasteiger partial charge < -0.3 is 5.32 Å². The Morgan fingerprint density at radius 3 is 2.57 bits per heavy atom. The molecule has 0 spiro atoms. The second-order valence-electron chi connectivity index (χ2n) is 5.33. The fourth-order valence-corrected chi connectivity index (χ4v) is 2.20. The third kappa shape index (κ3) is 4.71. The van der Waals surface area contributed by atoms with Crippen LogP contribution in [-0.2, 0) is 11.2 Å². The highest BCUT2D eigenvalue weighted by Crippen LogP contribution is 2.13. The van der Waals surface area contributed by atoms with E-state index in [9.17, 15) is 9.18 Å². The summed E-state index contributed by atoms with van der Waals surface area (Å²) in [6.07, 6.45) is 0.907. The van der Waals surface area contributed by atoms with Gasteiger partial charge in [0.1, 0.15) is 5.82 Å². The standard InChI is InChI=1S/C18H20FNO/c1-13-6-9-16(10-7-13)14(2)20-18(21)11-8-15-4-3-5-17(19)12-15/h3-7,9-10,12,14H,8,11H2,1-2H3,(H,20,21). The van der Waals surface area contributed by atoms with Crippen LogP contribution in [0.4, 0.5) is 4.39 Å². The smallest absolute Gasteiger partial charge is 0.220 e. The van der Waals surface area contributed by atoms with Crippen LogP contribution in [0, 0.1) is 12.7 Å². The van der Waals surface area contributed by atoms with E-state index in [4.69, 9.17) is 0 Å². The normalized spacial score (nSPS) is 12.0. The van der Waals surface area contributed by atoms with E-state index < -0.39 is 0 Å². The monoisotopic (exact) mass is 285 g/mol. The van der Waals surface area contributed by atoms with Crippen LogP contribution in [0.2, 0.25) is 0 Å². The van der Waals surface area contributed by atoms with Crippen molar-refractivity contribution in [3.05, 3.63) is 71.0 Å². The highest BCUT2D eigenvalue weighted by Gasteiger charge is 2.09. The van der Waals surface area contributed by atoms with Crippen molar-refractivity contribution < 1.29 is 9.18 Å². The van der Waals surface area contributed by atoms with Gasteiger partial charge in [0.15, 0.2) is 0 Å². The predicted octanol–water partition coefficient (Wildman–Crippen LogP) is 3.94. The van der Waals surface area contributed by atoms with E-state index >= 15 is 0 Å². The maximum Gasteiger partial charge on any atom is 0.220 e. The molecule has 1 amide bonds. The molecule has 0 aliphatic heterocycles. The molecule has 21 heavy (non-hydrogen) atoms. The molecular formula is C18H20FNO. The van der Waals surface area contributed by atoms with Gasteiger partial charge in [0.2, 0.25) is 5.91 Å². The molecular weight excluding hydrogens is 265 g/mol. The highest BCUT2D eigenvalue weighted by molar-refractivity contribution is 5.76. The number of rotatable bonds is 5. The number of hydrogen-bond donors (Lipinski definition) is 1. The SMILES string of the molecule is Cc1ccc(C(C)NC(=O)CCc2cccc(F)c2)cc1. The molecule has 110 valence electrons. The second kappa shape index (κ2) is 7.02. The van der Waals surface area contributed by atoms with E-state index in [0.29, 0.717) is 12.8 Å². The lowest BCUT2D eigenvalue weighted by Gasteiger charge is -2.14. The molecule has 0 aliphatic rings. The summed E-state index contributed by atoms with van der Waals surface area (Å²) in [7, 11) is 0. The molecule has 0 heterocycles. The quantitative estimate of drug-likeness (QED) is 0.885. The van der Waals surface area contributed by atoms with Crippen molar-refractivity contribution in [2.24, 2.45) is 0 Å². The molecule has 2 nitrogen and oxygen atoms in total. The Bertz CT molecular complexity index is 607. The molecule has 2 aromatic carbocycles. The zero-order valence-corrected chi connectivity index (χ0v) is 12.4. The fraction of sp³-hybridized carbons (Fsp3) is 0.278. The summed E-state index contributed by atoms with van der Waals surface area (Å²) in [5.74, 6) is -0.284. The van der Waals surface area contributed by atoms with Crippen molar-refractivity contribution in [3.63, 3.8) is 0 Å². The predicted molar refractivity (Wildman–Crippen MR) is 82.5 cm³/mol. The molecule has 0 aliphatic carbocycles. The lowest BCUT2D eigenvalue weighted by molar-refractivity contribution is -0.121. The van der Waals surface area contributed by atoms with Gasteiger partial charge in [-0.15, -0.1) is 0 Å². The fourth-order valence-electron chi connectivity index (χ4n) is 2.20. The number of amides is 1. The maximum absolute atomic E-state index is 13.1. The lowest BCUT2D eigenvalue weighted by Crippen LogP contribution is -2.26.